The number of nitriles is 4. The van der Waals surface area contributed by atoms with Gasteiger partial charge in [-0.15, -0.1) is 0 Å². The number of fused-ring (bicyclic) bond motifs is 5. The molecule has 0 aliphatic carbocycles. The maximum atomic E-state index is 10.0. The SMILES string of the molecule is N#Cc1ccc(-c2ccc3c(c2)nc(-c2ccccc2)c2cc(-c4c(C#N)cc(C#N)cc4C#N)c4nonc4c23)cc1. The molecule has 8 heteroatoms. The molecule has 0 spiro atoms. The quantitative estimate of drug-likeness (QED) is 0.207. The Hall–Kier alpha value is -6.87. The number of rotatable bonds is 3. The van der Waals surface area contributed by atoms with Gasteiger partial charge in [-0.1, -0.05) is 54.6 Å². The monoisotopic (exact) mass is 549 g/mol. The Morgan fingerprint density at radius 2 is 1.23 bits per heavy atom. The van der Waals surface area contributed by atoms with Crippen LogP contribution in [-0.2, 0) is 0 Å². The van der Waals surface area contributed by atoms with Crippen LogP contribution in [0.3, 0.4) is 0 Å². The van der Waals surface area contributed by atoms with Gasteiger partial charge in [0.05, 0.1) is 57.7 Å². The predicted molar refractivity (Wildman–Crippen MR) is 160 cm³/mol. The zero-order valence-electron chi connectivity index (χ0n) is 22.2. The summed E-state index contributed by atoms with van der Waals surface area (Å²) in [5.74, 6) is 0. The number of aromatic nitrogens is 3. The lowest BCUT2D eigenvalue weighted by molar-refractivity contribution is 0.316. The van der Waals surface area contributed by atoms with Gasteiger partial charge in [-0.25, -0.2) is 9.61 Å². The van der Waals surface area contributed by atoms with Crippen LogP contribution >= 0.6 is 0 Å². The first-order valence-corrected chi connectivity index (χ1v) is 13.1. The number of nitrogens with zero attached hydrogens (tertiary/aromatic N) is 7. The molecule has 0 atom stereocenters. The van der Waals surface area contributed by atoms with Crippen LogP contribution in [0.4, 0.5) is 0 Å². The molecule has 2 heterocycles. The molecule has 7 rings (SSSR count). The predicted octanol–water partition coefficient (Wildman–Crippen LogP) is 7.41. The summed E-state index contributed by atoms with van der Waals surface area (Å²) in [6, 6.07) is 36.3. The third-order valence-electron chi connectivity index (χ3n) is 7.47. The topological polar surface area (TPSA) is 147 Å². The van der Waals surface area contributed by atoms with Gasteiger partial charge in [0.15, 0.2) is 0 Å². The van der Waals surface area contributed by atoms with E-state index in [1.165, 1.54) is 12.1 Å². The van der Waals surface area contributed by atoms with Gasteiger partial charge < -0.3 is 0 Å². The molecule has 43 heavy (non-hydrogen) atoms. The van der Waals surface area contributed by atoms with Gasteiger partial charge >= 0.3 is 0 Å². The molecule has 0 saturated carbocycles. The fraction of sp³-hybridized carbons (Fsp3) is 0. The first-order chi connectivity index (χ1) is 21.1. The van der Waals surface area contributed by atoms with E-state index in [1.807, 2.05) is 72.8 Å². The zero-order chi connectivity index (χ0) is 29.5. The fourth-order valence-electron chi connectivity index (χ4n) is 5.51. The lowest BCUT2D eigenvalue weighted by atomic mass is 9.89. The van der Waals surface area contributed by atoms with E-state index >= 15 is 0 Å². The van der Waals surface area contributed by atoms with E-state index < -0.39 is 0 Å². The maximum absolute atomic E-state index is 10.0. The van der Waals surface area contributed by atoms with Crippen molar-refractivity contribution in [3.8, 4) is 57.8 Å². The van der Waals surface area contributed by atoms with Crippen LogP contribution in [0.5, 0.6) is 0 Å². The maximum Gasteiger partial charge on any atom is 0.144 e. The number of pyridine rings is 1. The van der Waals surface area contributed by atoms with E-state index in [-0.39, 0.29) is 16.7 Å². The van der Waals surface area contributed by atoms with Crippen molar-refractivity contribution >= 4 is 32.7 Å². The average molecular weight is 550 g/mol. The van der Waals surface area contributed by atoms with Crippen LogP contribution in [0.1, 0.15) is 22.3 Å². The molecule has 2 aromatic heterocycles. The Kier molecular flexibility index (Phi) is 5.81. The highest BCUT2D eigenvalue weighted by molar-refractivity contribution is 6.23. The molecule has 7 aromatic rings. The molecule has 0 N–H and O–H groups in total. The molecule has 0 aliphatic heterocycles. The van der Waals surface area contributed by atoms with Crippen molar-refractivity contribution in [3.63, 3.8) is 0 Å². The van der Waals surface area contributed by atoms with Crippen LogP contribution in [0.15, 0.2) is 95.6 Å². The molecule has 0 bridgehead atoms. The molecule has 0 amide bonds. The van der Waals surface area contributed by atoms with Crippen molar-refractivity contribution < 1.29 is 4.63 Å². The Morgan fingerprint density at radius 3 is 1.91 bits per heavy atom. The standard InChI is InChI=1S/C35H15N7O/c36-16-20-6-8-22(9-7-20)24-10-11-27-30(14-24)40-33(23-4-2-1-3-5-23)29-15-28(34-35(32(27)29)42-43-41-34)31-25(18-38)12-21(17-37)13-26(31)19-39/h1-15H. The Balaban J connectivity index is 1.60. The molecule has 0 radical (unpaired) electrons. The second kappa shape index (κ2) is 9.95. The van der Waals surface area contributed by atoms with Gasteiger partial charge in [-0.3, -0.25) is 0 Å². The van der Waals surface area contributed by atoms with Gasteiger partial charge in [0.25, 0.3) is 0 Å². The minimum absolute atomic E-state index is 0.168. The summed E-state index contributed by atoms with van der Waals surface area (Å²) in [4.78, 5) is 5.13. The van der Waals surface area contributed by atoms with E-state index in [1.54, 1.807) is 12.1 Å². The molecule has 0 fully saturated rings. The van der Waals surface area contributed by atoms with Crippen molar-refractivity contribution in [2.75, 3.05) is 0 Å². The lowest BCUT2D eigenvalue weighted by Gasteiger charge is -2.14. The average Bonchev–Trinajstić information content (AvgIpc) is 3.57. The summed E-state index contributed by atoms with van der Waals surface area (Å²) in [6.45, 7) is 0. The Morgan fingerprint density at radius 1 is 0.558 bits per heavy atom. The molecule has 0 aliphatic rings. The third kappa shape index (κ3) is 4.00. The first-order valence-electron chi connectivity index (χ1n) is 13.1. The summed E-state index contributed by atoms with van der Waals surface area (Å²) < 4.78 is 5.27. The summed E-state index contributed by atoms with van der Waals surface area (Å²) in [6.07, 6.45) is 0. The van der Waals surface area contributed by atoms with Gasteiger partial charge in [0.1, 0.15) is 11.0 Å². The minimum atomic E-state index is 0.168. The number of hydrogen-bond acceptors (Lipinski definition) is 8. The second-order valence-corrected chi connectivity index (χ2v) is 9.84. The minimum Gasteiger partial charge on any atom is -0.247 e. The van der Waals surface area contributed by atoms with Gasteiger partial charge in [-0.2, -0.15) is 21.0 Å². The van der Waals surface area contributed by atoms with Crippen LogP contribution in [0.2, 0.25) is 0 Å². The highest BCUT2D eigenvalue weighted by Gasteiger charge is 2.23. The lowest BCUT2D eigenvalue weighted by Crippen LogP contribution is -1.96. The van der Waals surface area contributed by atoms with Crippen molar-refractivity contribution in [3.05, 3.63) is 113 Å². The van der Waals surface area contributed by atoms with E-state index in [2.05, 4.69) is 28.5 Å². The molecule has 5 aromatic carbocycles. The van der Waals surface area contributed by atoms with Crippen LogP contribution < -0.4 is 0 Å². The Bertz CT molecular complexity index is 2400. The van der Waals surface area contributed by atoms with E-state index in [0.717, 1.165) is 38.4 Å². The highest BCUT2D eigenvalue weighted by atomic mass is 16.6. The summed E-state index contributed by atoms with van der Waals surface area (Å²) in [5.41, 5.74) is 6.94. The third-order valence-corrected chi connectivity index (χ3v) is 7.47. The molecule has 0 saturated heterocycles. The summed E-state index contributed by atoms with van der Waals surface area (Å²) in [5, 5.41) is 49.5. The highest BCUT2D eigenvalue weighted by Crippen LogP contribution is 2.42. The smallest absolute Gasteiger partial charge is 0.144 e. The Labute approximate surface area is 244 Å². The zero-order valence-corrected chi connectivity index (χ0v) is 22.2. The number of hydrogen-bond donors (Lipinski definition) is 0. The summed E-state index contributed by atoms with van der Waals surface area (Å²) in [7, 11) is 0. The van der Waals surface area contributed by atoms with E-state index in [9.17, 15) is 21.0 Å². The molecule has 0 unspecified atom stereocenters. The van der Waals surface area contributed by atoms with Gasteiger partial charge in [-0.05, 0) is 57.8 Å². The summed E-state index contributed by atoms with van der Waals surface area (Å²) >= 11 is 0. The molecular formula is C35H15N7O. The fourth-order valence-corrected chi connectivity index (χ4v) is 5.51. The van der Waals surface area contributed by atoms with Gasteiger partial charge in [0, 0.05) is 32.8 Å². The number of benzene rings is 5. The van der Waals surface area contributed by atoms with E-state index in [0.29, 0.717) is 33.4 Å². The molecule has 8 nitrogen and oxygen atoms in total. The largest absolute Gasteiger partial charge is 0.247 e. The van der Waals surface area contributed by atoms with Crippen molar-refractivity contribution in [2.24, 2.45) is 0 Å². The van der Waals surface area contributed by atoms with Crippen LogP contribution in [0.25, 0.3) is 66.2 Å². The van der Waals surface area contributed by atoms with Crippen molar-refractivity contribution in [2.45, 2.75) is 0 Å². The van der Waals surface area contributed by atoms with Crippen LogP contribution in [0, 0.1) is 45.3 Å². The van der Waals surface area contributed by atoms with Crippen molar-refractivity contribution in [1.29, 1.82) is 21.0 Å². The van der Waals surface area contributed by atoms with E-state index in [4.69, 9.17) is 9.61 Å². The molecular weight excluding hydrogens is 534 g/mol. The van der Waals surface area contributed by atoms with Crippen LogP contribution in [-0.4, -0.2) is 15.3 Å². The molecule has 196 valence electrons. The van der Waals surface area contributed by atoms with Gasteiger partial charge in [0.2, 0.25) is 0 Å². The van der Waals surface area contributed by atoms with Crippen molar-refractivity contribution in [1.82, 2.24) is 15.3 Å². The second-order valence-electron chi connectivity index (χ2n) is 9.84. The first kappa shape index (κ1) is 25.1. The normalized spacial score (nSPS) is 10.7.